The molecule has 0 saturated carbocycles. The Hall–Kier alpha value is 0.510. The van der Waals surface area contributed by atoms with Gasteiger partial charge >= 0.3 is 5.97 Å². The van der Waals surface area contributed by atoms with Crippen molar-refractivity contribution in [1.29, 1.82) is 0 Å². The van der Waals surface area contributed by atoms with Gasteiger partial charge in [0.15, 0.2) is 0 Å². The van der Waals surface area contributed by atoms with Crippen LogP contribution in [0.25, 0.3) is 0 Å². The van der Waals surface area contributed by atoms with Crippen LogP contribution in [0, 0.1) is 0 Å². The van der Waals surface area contributed by atoms with E-state index in [1.807, 2.05) is 21.2 Å². The number of nitrogens with one attached hydrogen (secondary N) is 1. The number of hydrogen-bond donors (Lipinski definition) is 2. The van der Waals surface area contributed by atoms with E-state index in [0.717, 1.165) is 0 Å². The van der Waals surface area contributed by atoms with Crippen LogP contribution in [0.4, 0.5) is 0 Å². The normalized spacial score (nSPS) is 8.71. The van der Waals surface area contributed by atoms with Crippen LogP contribution in [0.5, 0.6) is 0 Å². The quantitative estimate of drug-likeness (QED) is 0.555. The Balaban J connectivity index is 2.82. The molecule has 7 heavy (non-hydrogen) atoms. The molecule has 0 aliphatic heterocycles. The first-order valence-electron chi connectivity index (χ1n) is 1.49. The molecule has 0 bridgehead atoms. The molecule has 3 nitrogen and oxygen atoms in total. The van der Waals surface area contributed by atoms with Crippen LogP contribution < -0.4 is 4.72 Å². The summed E-state index contributed by atoms with van der Waals surface area (Å²) in [6, 6.07) is 0. The lowest BCUT2D eigenvalue weighted by atomic mass is 10.7. The van der Waals surface area contributed by atoms with Crippen LogP contribution in [-0.2, 0) is 4.79 Å². The fraction of sp³-hybridized carbons (Fsp3) is 0.500. The number of aliphatic carboxylic acids is 1. The van der Waals surface area contributed by atoms with Gasteiger partial charge in [0.1, 0.15) is 6.54 Å². The molecule has 0 unspecified atom stereocenters. The minimum absolute atomic E-state index is 0.0214. The molecule has 0 aromatic carbocycles. The second-order valence-corrected chi connectivity index (χ2v) is 2.56. The Morgan fingerprint density at radius 3 is 2.71 bits per heavy atom. The summed E-state index contributed by atoms with van der Waals surface area (Å²) >= 11 is 1.96. The predicted octanol–water partition coefficient (Wildman–Crippen LogP) is 0.659. The molecule has 0 atom stereocenters. The summed E-state index contributed by atoms with van der Waals surface area (Å²) in [6.45, 7) is 0.0214. The second-order valence-electron chi connectivity index (χ2n) is 0.792. The molecular formula is C2H4INO2S. The van der Waals surface area contributed by atoms with Crippen molar-refractivity contribution in [3.63, 3.8) is 0 Å². The van der Waals surface area contributed by atoms with Crippen LogP contribution in [0.3, 0.4) is 0 Å². The van der Waals surface area contributed by atoms with Crippen LogP contribution in [0.15, 0.2) is 0 Å². The minimum Gasteiger partial charge on any atom is -0.480 e. The second kappa shape index (κ2) is 4.66. The van der Waals surface area contributed by atoms with Crippen molar-refractivity contribution < 1.29 is 9.90 Å². The van der Waals surface area contributed by atoms with Crippen molar-refractivity contribution in [1.82, 2.24) is 4.72 Å². The van der Waals surface area contributed by atoms with Gasteiger partial charge in [-0.3, -0.25) is 4.79 Å². The SMILES string of the molecule is O=C(O)CNSI. The van der Waals surface area contributed by atoms with Crippen molar-refractivity contribution in [2.24, 2.45) is 0 Å². The Bertz CT molecular complexity index is 68.7. The van der Waals surface area contributed by atoms with E-state index in [-0.39, 0.29) is 6.54 Å². The van der Waals surface area contributed by atoms with E-state index >= 15 is 0 Å². The molecule has 0 heterocycles. The molecule has 5 heteroatoms. The highest BCUT2D eigenvalue weighted by Crippen LogP contribution is 2.01. The topological polar surface area (TPSA) is 49.3 Å². The maximum absolute atomic E-state index is 9.68. The summed E-state index contributed by atoms with van der Waals surface area (Å²) in [6.07, 6.45) is 0. The fourth-order valence-corrected chi connectivity index (χ4v) is 0.734. The van der Waals surface area contributed by atoms with Crippen LogP contribution in [0.2, 0.25) is 0 Å². The molecule has 0 fully saturated rings. The zero-order chi connectivity index (χ0) is 5.70. The third-order valence-electron chi connectivity index (χ3n) is 0.278. The van der Waals surface area contributed by atoms with Crippen molar-refractivity contribution in [2.75, 3.05) is 6.54 Å². The van der Waals surface area contributed by atoms with Gasteiger partial charge in [0.05, 0.1) is 0 Å². The molecule has 0 aromatic heterocycles. The molecule has 0 spiro atoms. The van der Waals surface area contributed by atoms with Crippen molar-refractivity contribution in [2.45, 2.75) is 0 Å². The largest absolute Gasteiger partial charge is 0.480 e. The van der Waals surface area contributed by atoms with Crippen LogP contribution in [0.1, 0.15) is 0 Å². The van der Waals surface area contributed by atoms with E-state index in [9.17, 15) is 4.79 Å². The number of carboxylic acids is 1. The van der Waals surface area contributed by atoms with Crippen LogP contribution in [-0.4, -0.2) is 17.6 Å². The maximum atomic E-state index is 9.68. The fourth-order valence-electron chi connectivity index (χ4n) is 0.0890. The number of hydrogen-bond acceptors (Lipinski definition) is 3. The predicted molar refractivity (Wildman–Crippen MR) is 37.2 cm³/mol. The first-order valence-corrected chi connectivity index (χ1v) is 4.85. The van der Waals surface area contributed by atoms with Gasteiger partial charge in [0, 0.05) is 21.2 Å². The van der Waals surface area contributed by atoms with E-state index in [1.165, 1.54) is 9.12 Å². The average molecular weight is 233 g/mol. The molecule has 0 rings (SSSR count). The minimum atomic E-state index is -0.829. The summed E-state index contributed by atoms with van der Waals surface area (Å²) in [5, 5.41) is 7.97. The van der Waals surface area contributed by atoms with Gasteiger partial charge in [-0.25, -0.2) is 4.72 Å². The first-order chi connectivity index (χ1) is 3.27. The summed E-state index contributed by atoms with van der Waals surface area (Å²) in [7, 11) is 1.27. The number of carbonyl (C=O) groups is 1. The number of halogens is 1. The highest BCUT2D eigenvalue weighted by molar-refractivity contribution is 14.2. The number of rotatable bonds is 3. The third kappa shape index (κ3) is 6.51. The molecule has 0 aliphatic carbocycles. The molecule has 0 amide bonds. The zero-order valence-corrected chi connectivity index (χ0v) is 6.32. The molecule has 0 aliphatic rings. The Labute approximate surface area is 57.6 Å². The monoisotopic (exact) mass is 233 g/mol. The Morgan fingerprint density at radius 1 is 2.00 bits per heavy atom. The summed E-state index contributed by atoms with van der Waals surface area (Å²) in [4.78, 5) is 9.68. The van der Waals surface area contributed by atoms with Gasteiger partial charge in [-0.15, -0.1) is 0 Å². The van der Waals surface area contributed by atoms with Gasteiger partial charge in [-0.1, -0.05) is 0 Å². The van der Waals surface area contributed by atoms with Gasteiger partial charge in [-0.05, 0) is 9.12 Å². The average Bonchev–Trinajstić information content (AvgIpc) is 1.61. The van der Waals surface area contributed by atoms with Gasteiger partial charge in [0.2, 0.25) is 0 Å². The molecule has 0 aromatic rings. The van der Waals surface area contributed by atoms with Crippen LogP contribution >= 0.6 is 30.3 Å². The van der Waals surface area contributed by atoms with E-state index < -0.39 is 5.97 Å². The van der Waals surface area contributed by atoms with Crippen molar-refractivity contribution in [3.8, 4) is 0 Å². The number of carboxylic acid groups (broad SMARTS) is 1. The van der Waals surface area contributed by atoms with Crippen molar-refractivity contribution in [3.05, 3.63) is 0 Å². The smallest absolute Gasteiger partial charge is 0.318 e. The lowest BCUT2D eigenvalue weighted by Crippen LogP contribution is -2.13. The van der Waals surface area contributed by atoms with Gasteiger partial charge in [0.25, 0.3) is 0 Å². The van der Waals surface area contributed by atoms with E-state index in [1.54, 1.807) is 0 Å². The van der Waals surface area contributed by atoms with Gasteiger partial charge < -0.3 is 5.11 Å². The molecule has 0 radical (unpaired) electrons. The summed E-state index contributed by atoms with van der Waals surface area (Å²) in [5.41, 5.74) is 0. The Kier molecular flexibility index (Phi) is 5.00. The third-order valence-corrected chi connectivity index (χ3v) is 1.47. The summed E-state index contributed by atoms with van der Waals surface area (Å²) in [5.74, 6) is -0.829. The molecule has 42 valence electrons. The highest BCUT2D eigenvalue weighted by Gasteiger charge is 1.90. The maximum Gasteiger partial charge on any atom is 0.318 e. The zero-order valence-electron chi connectivity index (χ0n) is 3.35. The lowest BCUT2D eigenvalue weighted by Gasteiger charge is -1.88. The van der Waals surface area contributed by atoms with Crippen molar-refractivity contribution >= 4 is 36.3 Å². The van der Waals surface area contributed by atoms with Gasteiger partial charge in [-0.2, -0.15) is 0 Å². The van der Waals surface area contributed by atoms with E-state index in [2.05, 4.69) is 4.72 Å². The Morgan fingerprint density at radius 2 is 2.57 bits per heavy atom. The summed E-state index contributed by atoms with van der Waals surface area (Å²) < 4.78 is 2.55. The highest BCUT2D eigenvalue weighted by atomic mass is 127. The standard InChI is InChI=1S/C2H4INO2S/c3-7-4-1-2(5)6/h4H,1H2,(H,5,6). The molecule has 0 saturated heterocycles. The lowest BCUT2D eigenvalue weighted by molar-refractivity contribution is -0.135. The molecular weight excluding hydrogens is 229 g/mol. The van der Waals surface area contributed by atoms with E-state index in [4.69, 9.17) is 5.11 Å². The van der Waals surface area contributed by atoms with E-state index in [0.29, 0.717) is 0 Å². The first kappa shape index (κ1) is 7.51. The molecule has 2 N–H and O–H groups in total.